The van der Waals surface area contributed by atoms with Crippen LogP contribution in [0.3, 0.4) is 0 Å². The zero-order chi connectivity index (χ0) is 17.5. The van der Waals surface area contributed by atoms with Crippen molar-refractivity contribution >= 4 is 11.7 Å². The van der Waals surface area contributed by atoms with Gasteiger partial charge in [0.05, 0.1) is 7.11 Å². The van der Waals surface area contributed by atoms with Crippen molar-refractivity contribution in [2.45, 2.75) is 32.2 Å². The van der Waals surface area contributed by atoms with Gasteiger partial charge in [0.25, 0.3) is 0 Å². The Morgan fingerprint density at radius 3 is 2.84 bits per heavy atom. The molecular formula is C20H25N3O2. The number of benzene rings is 1. The highest BCUT2D eigenvalue weighted by molar-refractivity contribution is 5.76. The lowest BCUT2D eigenvalue weighted by Gasteiger charge is -2.16. The summed E-state index contributed by atoms with van der Waals surface area (Å²) < 4.78 is 5.31. The van der Waals surface area contributed by atoms with Gasteiger partial charge in [-0.3, -0.25) is 4.79 Å². The maximum Gasteiger partial charge on any atom is 0.220 e. The van der Waals surface area contributed by atoms with E-state index in [1.165, 1.54) is 12.8 Å². The molecular weight excluding hydrogens is 314 g/mol. The average molecular weight is 339 g/mol. The topological polar surface area (TPSA) is 54.5 Å². The molecule has 3 rings (SSSR count). The molecule has 0 spiro atoms. The van der Waals surface area contributed by atoms with Crippen molar-refractivity contribution in [2.75, 3.05) is 25.1 Å². The van der Waals surface area contributed by atoms with E-state index in [4.69, 9.17) is 4.74 Å². The molecule has 0 saturated carbocycles. The summed E-state index contributed by atoms with van der Waals surface area (Å²) >= 11 is 0. The second kappa shape index (κ2) is 8.51. The van der Waals surface area contributed by atoms with Crippen LogP contribution in [0.1, 0.15) is 30.4 Å². The van der Waals surface area contributed by atoms with Gasteiger partial charge in [-0.1, -0.05) is 18.2 Å². The molecule has 0 radical (unpaired) electrons. The lowest BCUT2D eigenvalue weighted by Crippen LogP contribution is -2.23. The first-order chi connectivity index (χ1) is 12.3. The van der Waals surface area contributed by atoms with Crippen molar-refractivity contribution in [1.82, 2.24) is 10.3 Å². The lowest BCUT2D eigenvalue weighted by atomic mass is 10.1. The van der Waals surface area contributed by atoms with Crippen molar-refractivity contribution in [3.05, 3.63) is 53.7 Å². The molecule has 132 valence electrons. The molecule has 1 fully saturated rings. The van der Waals surface area contributed by atoms with Crippen molar-refractivity contribution in [3.63, 3.8) is 0 Å². The van der Waals surface area contributed by atoms with Gasteiger partial charge in [-0.05, 0) is 43.0 Å². The number of amides is 1. The quantitative estimate of drug-likeness (QED) is 0.843. The molecule has 0 bridgehead atoms. The largest absolute Gasteiger partial charge is 0.496 e. The molecule has 1 amide bonds. The summed E-state index contributed by atoms with van der Waals surface area (Å²) in [6.07, 6.45) is 5.50. The molecule has 2 aromatic rings. The highest BCUT2D eigenvalue weighted by atomic mass is 16.5. The van der Waals surface area contributed by atoms with Crippen LogP contribution < -0.4 is 15.0 Å². The van der Waals surface area contributed by atoms with Gasteiger partial charge in [-0.2, -0.15) is 0 Å². The summed E-state index contributed by atoms with van der Waals surface area (Å²) in [6, 6.07) is 11.8. The van der Waals surface area contributed by atoms with Crippen LogP contribution in [0.2, 0.25) is 0 Å². The molecule has 0 atom stereocenters. The number of pyridine rings is 1. The summed E-state index contributed by atoms with van der Waals surface area (Å²) in [7, 11) is 1.64. The first-order valence-corrected chi connectivity index (χ1v) is 8.85. The minimum Gasteiger partial charge on any atom is -0.496 e. The summed E-state index contributed by atoms with van der Waals surface area (Å²) in [5, 5.41) is 2.97. The number of hydrogen-bond donors (Lipinski definition) is 1. The lowest BCUT2D eigenvalue weighted by molar-refractivity contribution is -0.121. The molecule has 1 aromatic heterocycles. The fourth-order valence-electron chi connectivity index (χ4n) is 3.12. The van der Waals surface area contributed by atoms with Crippen LogP contribution in [0.15, 0.2) is 42.6 Å². The Labute approximate surface area is 149 Å². The van der Waals surface area contributed by atoms with Crippen LogP contribution in [0.4, 0.5) is 5.82 Å². The number of ether oxygens (including phenoxy) is 1. The highest BCUT2D eigenvalue weighted by Crippen LogP contribution is 2.19. The number of methoxy groups -OCH3 is 1. The Morgan fingerprint density at radius 1 is 1.24 bits per heavy atom. The maximum absolute atomic E-state index is 12.2. The van der Waals surface area contributed by atoms with Crippen LogP contribution >= 0.6 is 0 Å². The zero-order valence-corrected chi connectivity index (χ0v) is 14.7. The Bertz CT molecular complexity index is 712. The molecule has 0 aliphatic carbocycles. The zero-order valence-electron chi connectivity index (χ0n) is 14.7. The first-order valence-electron chi connectivity index (χ1n) is 8.85. The normalized spacial score (nSPS) is 13.7. The SMILES string of the molecule is COc1ccccc1CNC(=O)CCc1ccnc(N2CCCC2)c1. The number of aryl methyl sites for hydroxylation is 1. The van der Waals surface area contributed by atoms with Gasteiger partial charge in [0.15, 0.2) is 0 Å². The number of anilines is 1. The minimum atomic E-state index is 0.0467. The third-order valence-corrected chi connectivity index (χ3v) is 4.55. The monoisotopic (exact) mass is 339 g/mol. The van der Waals surface area contributed by atoms with Crippen molar-refractivity contribution < 1.29 is 9.53 Å². The number of nitrogens with zero attached hydrogens (tertiary/aromatic N) is 2. The van der Waals surface area contributed by atoms with Crippen molar-refractivity contribution in [2.24, 2.45) is 0 Å². The van der Waals surface area contributed by atoms with Gasteiger partial charge in [-0.15, -0.1) is 0 Å². The van der Waals surface area contributed by atoms with Gasteiger partial charge >= 0.3 is 0 Å². The Balaban J connectivity index is 1.49. The van der Waals surface area contributed by atoms with E-state index >= 15 is 0 Å². The second-order valence-electron chi connectivity index (χ2n) is 6.31. The van der Waals surface area contributed by atoms with Crippen molar-refractivity contribution in [1.29, 1.82) is 0 Å². The Morgan fingerprint density at radius 2 is 2.04 bits per heavy atom. The van der Waals surface area contributed by atoms with E-state index < -0.39 is 0 Å². The Kier molecular flexibility index (Phi) is 5.88. The molecule has 0 unspecified atom stereocenters. The molecule has 1 aromatic carbocycles. The molecule has 1 N–H and O–H groups in total. The maximum atomic E-state index is 12.2. The number of aromatic nitrogens is 1. The van der Waals surface area contributed by atoms with Gasteiger partial charge in [0.1, 0.15) is 11.6 Å². The average Bonchev–Trinajstić information content (AvgIpc) is 3.20. The molecule has 5 heteroatoms. The highest BCUT2D eigenvalue weighted by Gasteiger charge is 2.14. The summed E-state index contributed by atoms with van der Waals surface area (Å²) in [4.78, 5) is 18.9. The van der Waals surface area contributed by atoms with Crippen molar-refractivity contribution in [3.8, 4) is 5.75 Å². The van der Waals surface area contributed by atoms with E-state index in [0.29, 0.717) is 13.0 Å². The van der Waals surface area contributed by atoms with Gasteiger partial charge < -0.3 is 15.0 Å². The minimum absolute atomic E-state index is 0.0467. The number of carbonyl (C=O) groups is 1. The fraction of sp³-hybridized carbons (Fsp3) is 0.400. The molecule has 2 heterocycles. The summed E-state index contributed by atoms with van der Waals surface area (Å²) in [5.74, 6) is 1.88. The van der Waals surface area contributed by atoms with Crippen LogP contribution in [-0.2, 0) is 17.8 Å². The molecule has 1 aliphatic heterocycles. The predicted molar refractivity (Wildman–Crippen MR) is 98.8 cm³/mol. The van der Waals surface area contributed by atoms with Crippen LogP contribution in [0.5, 0.6) is 5.75 Å². The van der Waals surface area contributed by atoms with Crippen LogP contribution in [-0.4, -0.2) is 31.1 Å². The number of rotatable bonds is 7. The summed E-state index contributed by atoms with van der Waals surface area (Å²) in [6.45, 7) is 2.64. The molecule has 1 aliphatic rings. The molecule has 5 nitrogen and oxygen atoms in total. The van der Waals surface area contributed by atoms with E-state index in [0.717, 1.165) is 42.2 Å². The smallest absolute Gasteiger partial charge is 0.220 e. The fourth-order valence-corrected chi connectivity index (χ4v) is 3.12. The second-order valence-corrected chi connectivity index (χ2v) is 6.31. The predicted octanol–water partition coefficient (Wildman–Crippen LogP) is 2.94. The van der Waals surface area contributed by atoms with E-state index in [-0.39, 0.29) is 5.91 Å². The third kappa shape index (κ3) is 4.72. The van der Waals surface area contributed by atoms with E-state index in [9.17, 15) is 4.79 Å². The third-order valence-electron chi connectivity index (χ3n) is 4.55. The number of para-hydroxylation sites is 1. The van der Waals surface area contributed by atoms with Crippen LogP contribution in [0, 0.1) is 0 Å². The Hall–Kier alpha value is -2.56. The first kappa shape index (κ1) is 17.3. The number of carbonyl (C=O) groups excluding carboxylic acids is 1. The van der Waals surface area contributed by atoms with E-state index in [1.54, 1.807) is 7.11 Å². The standard InChI is InChI=1S/C20H25N3O2/c1-25-18-7-3-2-6-17(18)15-22-20(24)9-8-16-10-11-21-19(14-16)23-12-4-5-13-23/h2-3,6-7,10-11,14H,4-5,8-9,12-13,15H2,1H3,(H,22,24). The van der Waals surface area contributed by atoms with Gasteiger partial charge in [-0.25, -0.2) is 4.98 Å². The van der Waals surface area contributed by atoms with Gasteiger partial charge in [0, 0.05) is 37.8 Å². The molecule has 1 saturated heterocycles. The van der Waals surface area contributed by atoms with Gasteiger partial charge in [0.2, 0.25) is 5.91 Å². The van der Waals surface area contributed by atoms with E-state index in [1.807, 2.05) is 36.5 Å². The van der Waals surface area contributed by atoms with Crippen LogP contribution in [0.25, 0.3) is 0 Å². The number of nitrogens with one attached hydrogen (secondary N) is 1. The molecule has 25 heavy (non-hydrogen) atoms. The summed E-state index contributed by atoms with van der Waals surface area (Å²) in [5.41, 5.74) is 2.14. The van der Waals surface area contributed by atoms with E-state index in [2.05, 4.69) is 21.3 Å². The number of hydrogen-bond acceptors (Lipinski definition) is 4.